The van der Waals surface area contributed by atoms with Gasteiger partial charge in [0.2, 0.25) is 0 Å². The number of carbonyl (C=O) groups excluding carboxylic acids is 1. The molecule has 13 nitrogen and oxygen atoms in total. The molecule has 0 aromatic heterocycles. The number of ether oxygens (including phenoxy) is 4. The van der Waals surface area contributed by atoms with Crippen LogP contribution in [0.2, 0.25) is 0 Å². The van der Waals surface area contributed by atoms with Gasteiger partial charge in [-0.25, -0.2) is 0 Å². The van der Waals surface area contributed by atoms with Gasteiger partial charge < -0.3 is 59.8 Å². The van der Waals surface area contributed by atoms with E-state index in [1.807, 2.05) is 13.8 Å². The Morgan fingerprint density at radius 1 is 0.787 bits per heavy atom. The molecule has 2 saturated heterocycles. The van der Waals surface area contributed by atoms with E-state index in [0.717, 1.165) is 19.3 Å². The lowest BCUT2D eigenvalue weighted by molar-refractivity contribution is -0.375. The molecule has 5 fully saturated rings. The number of fused-ring (bicyclic) bond motifs is 5. The van der Waals surface area contributed by atoms with Crippen molar-refractivity contribution in [3.63, 3.8) is 0 Å². The summed E-state index contributed by atoms with van der Waals surface area (Å²) < 4.78 is 23.6. The average Bonchev–Trinajstić information content (AvgIpc) is 3.42. The molecular weight excluding hydrogens is 616 g/mol. The van der Waals surface area contributed by atoms with Gasteiger partial charge >= 0.3 is 0 Å². The van der Waals surface area contributed by atoms with Crippen molar-refractivity contribution in [2.45, 2.75) is 140 Å². The Labute approximate surface area is 275 Å². The summed E-state index contributed by atoms with van der Waals surface area (Å²) in [4.78, 5) is 14.3. The fourth-order valence-corrected chi connectivity index (χ4v) is 11.0. The van der Waals surface area contributed by atoms with Crippen LogP contribution in [-0.4, -0.2) is 133 Å². The van der Waals surface area contributed by atoms with Crippen LogP contribution in [0.25, 0.3) is 0 Å². The second kappa shape index (κ2) is 12.3. The second-order valence-corrected chi connectivity index (χ2v) is 16.4. The third kappa shape index (κ3) is 5.14. The number of Topliss-reactive ketones (excluding diaryl/α,β-unsaturated/α-hetero) is 1. The number of ketones is 1. The minimum absolute atomic E-state index is 0.0815. The molecular formula is C34H54O13. The van der Waals surface area contributed by atoms with Crippen molar-refractivity contribution in [3.8, 4) is 0 Å². The minimum Gasteiger partial charge on any atom is -0.394 e. The highest BCUT2D eigenvalue weighted by Crippen LogP contribution is 2.73. The molecule has 18 atom stereocenters. The van der Waals surface area contributed by atoms with Crippen molar-refractivity contribution >= 4 is 5.78 Å². The first-order valence-corrected chi connectivity index (χ1v) is 17.1. The number of aliphatic hydroxyl groups excluding tert-OH is 8. The molecule has 2 heterocycles. The van der Waals surface area contributed by atoms with Crippen molar-refractivity contribution < 1.29 is 64.6 Å². The van der Waals surface area contributed by atoms with E-state index in [0.29, 0.717) is 12.3 Å². The molecule has 0 bridgehead atoms. The van der Waals surface area contributed by atoms with E-state index < -0.39 is 103 Å². The Hall–Kier alpha value is -1.07. The predicted octanol–water partition coefficient (Wildman–Crippen LogP) is -0.619. The summed E-state index contributed by atoms with van der Waals surface area (Å²) in [5.41, 5.74) is -1.80. The van der Waals surface area contributed by atoms with Crippen molar-refractivity contribution in [2.24, 2.45) is 39.4 Å². The largest absolute Gasteiger partial charge is 0.394 e. The SMILES string of the molecule is CC1(C)[C@@H](O[C@@H]2O[C@H](CO)[C@@H](O)[C@H](O)[C@H]2O[C@@H]2O[C@H](CO)[C@@H](O)[C@H](O)[C@H]2O)C(=O)C[C@@]2(C)[C@H]1C[C@H](O)[C@]1(C)[C@H]2CC[C@@H]2C=CC[C@]21C. The standard InChI is InChI=1S/C34H54O13/c1-31(2)20-11-21(38)34(5)19(9-8-15-7-6-10-33(15,34)4)32(20,3)12-16(37)28(31)47-30-27(25(42)23(40)18(14-36)45-30)46-29-26(43)24(41)22(39)17(13-35)44-29/h6-7,15,17-30,35-36,38-43H,8-14H2,1-5H3/t15-,17+,18+,19-,20-,21-,22+,23+,24-,25-,26+,27+,28-,29-,30-,32+,33+,34-/m0/s1. The Kier molecular flexibility index (Phi) is 9.36. The Morgan fingerprint density at radius 3 is 2.04 bits per heavy atom. The molecule has 268 valence electrons. The van der Waals surface area contributed by atoms with Crippen LogP contribution in [0, 0.1) is 39.4 Å². The van der Waals surface area contributed by atoms with E-state index in [-0.39, 0.29) is 29.5 Å². The van der Waals surface area contributed by atoms with Gasteiger partial charge in [0.25, 0.3) is 0 Å². The topological polar surface area (TPSA) is 216 Å². The molecule has 0 amide bonds. The summed E-state index contributed by atoms with van der Waals surface area (Å²) in [6, 6.07) is 0. The van der Waals surface area contributed by atoms with Crippen LogP contribution >= 0.6 is 0 Å². The van der Waals surface area contributed by atoms with Gasteiger partial charge in [-0.3, -0.25) is 4.79 Å². The lowest BCUT2D eigenvalue weighted by atomic mass is 9.35. The predicted molar refractivity (Wildman–Crippen MR) is 163 cm³/mol. The molecule has 0 spiro atoms. The third-order valence-corrected chi connectivity index (χ3v) is 13.8. The van der Waals surface area contributed by atoms with Gasteiger partial charge in [0.05, 0.1) is 19.3 Å². The van der Waals surface area contributed by atoms with Crippen molar-refractivity contribution in [3.05, 3.63) is 12.2 Å². The maximum absolute atomic E-state index is 14.3. The maximum Gasteiger partial charge on any atom is 0.187 e. The summed E-state index contributed by atoms with van der Waals surface area (Å²) in [5.74, 6) is 0.142. The van der Waals surface area contributed by atoms with Crippen LogP contribution in [0.3, 0.4) is 0 Å². The van der Waals surface area contributed by atoms with Crippen molar-refractivity contribution in [2.75, 3.05) is 13.2 Å². The molecule has 2 aliphatic heterocycles. The fraction of sp³-hybridized carbons (Fsp3) is 0.912. The van der Waals surface area contributed by atoms with Gasteiger partial charge in [-0.2, -0.15) is 0 Å². The summed E-state index contributed by atoms with van der Waals surface area (Å²) in [6.45, 7) is 9.14. The minimum atomic E-state index is -1.81. The van der Waals surface area contributed by atoms with Crippen LogP contribution < -0.4 is 0 Å². The monoisotopic (exact) mass is 670 g/mol. The summed E-state index contributed by atoms with van der Waals surface area (Å²) in [7, 11) is 0. The molecule has 13 heteroatoms. The fourth-order valence-electron chi connectivity index (χ4n) is 11.0. The number of allylic oxidation sites excluding steroid dienone is 2. The number of carbonyl (C=O) groups is 1. The van der Waals surface area contributed by atoms with Gasteiger partial charge in [-0.05, 0) is 54.3 Å². The zero-order valence-electron chi connectivity index (χ0n) is 27.9. The number of hydrogen-bond donors (Lipinski definition) is 8. The van der Waals surface area contributed by atoms with Gasteiger partial charge in [-0.15, -0.1) is 0 Å². The second-order valence-electron chi connectivity index (χ2n) is 16.4. The highest BCUT2D eigenvalue weighted by Gasteiger charge is 2.71. The van der Waals surface area contributed by atoms with Gasteiger partial charge in [-0.1, -0.05) is 46.8 Å². The van der Waals surface area contributed by atoms with E-state index in [4.69, 9.17) is 18.9 Å². The van der Waals surface area contributed by atoms with Crippen LogP contribution in [0.1, 0.15) is 66.7 Å². The molecule has 3 saturated carbocycles. The molecule has 6 aliphatic rings. The molecule has 47 heavy (non-hydrogen) atoms. The van der Waals surface area contributed by atoms with Crippen LogP contribution in [-0.2, 0) is 23.7 Å². The van der Waals surface area contributed by atoms with E-state index in [1.165, 1.54) is 0 Å². The first-order valence-electron chi connectivity index (χ1n) is 17.1. The van der Waals surface area contributed by atoms with Gasteiger partial charge in [0.15, 0.2) is 18.4 Å². The normalized spacial score (nSPS) is 55.7. The average molecular weight is 671 g/mol. The Morgan fingerprint density at radius 2 is 1.40 bits per heavy atom. The molecule has 4 aliphatic carbocycles. The van der Waals surface area contributed by atoms with Crippen LogP contribution in [0.5, 0.6) is 0 Å². The highest BCUT2D eigenvalue weighted by molar-refractivity contribution is 5.86. The van der Waals surface area contributed by atoms with Crippen LogP contribution in [0.15, 0.2) is 12.2 Å². The van der Waals surface area contributed by atoms with Crippen molar-refractivity contribution in [1.82, 2.24) is 0 Å². The van der Waals surface area contributed by atoms with Gasteiger partial charge in [0.1, 0.15) is 54.9 Å². The Balaban J connectivity index is 1.29. The van der Waals surface area contributed by atoms with Crippen molar-refractivity contribution in [1.29, 1.82) is 0 Å². The summed E-state index contributed by atoms with van der Waals surface area (Å²) in [5, 5.41) is 84.6. The summed E-state index contributed by atoms with van der Waals surface area (Å²) in [6.07, 6.45) is -9.80. The first kappa shape index (κ1) is 35.7. The first-order chi connectivity index (χ1) is 22.0. The highest BCUT2D eigenvalue weighted by atomic mass is 16.8. The van der Waals surface area contributed by atoms with Gasteiger partial charge in [0, 0.05) is 17.3 Å². The molecule has 0 aromatic carbocycles. The number of rotatable bonds is 6. The summed E-state index contributed by atoms with van der Waals surface area (Å²) >= 11 is 0. The quantitative estimate of drug-likeness (QED) is 0.131. The molecule has 0 aromatic rings. The molecule has 0 unspecified atom stereocenters. The Bertz CT molecular complexity index is 1210. The third-order valence-electron chi connectivity index (χ3n) is 13.8. The molecule has 6 rings (SSSR count). The van der Waals surface area contributed by atoms with E-state index in [9.17, 15) is 45.6 Å². The number of aliphatic hydroxyl groups is 8. The lowest BCUT2D eigenvalue weighted by Gasteiger charge is -2.70. The molecule has 8 N–H and O–H groups in total. The zero-order chi connectivity index (χ0) is 34.4. The number of hydrogen-bond acceptors (Lipinski definition) is 13. The van der Waals surface area contributed by atoms with E-state index in [1.54, 1.807) is 0 Å². The van der Waals surface area contributed by atoms with E-state index in [2.05, 4.69) is 32.9 Å². The smallest absolute Gasteiger partial charge is 0.187 e. The lowest BCUT2D eigenvalue weighted by Crippen LogP contribution is -2.70. The van der Waals surface area contributed by atoms with Crippen LogP contribution in [0.4, 0.5) is 0 Å². The zero-order valence-corrected chi connectivity index (χ0v) is 27.9. The molecule has 0 radical (unpaired) electrons. The van der Waals surface area contributed by atoms with E-state index >= 15 is 0 Å². The maximum atomic E-state index is 14.3.